The smallest absolute Gasteiger partial charge is 0.282 e. The Morgan fingerprint density at radius 1 is 1.47 bits per heavy atom. The molecule has 1 rings (SSSR count). The normalized spacial score (nSPS) is 12.2. The molecular formula is C10H11ClO3S. The van der Waals surface area contributed by atoms with E-state index in [9.17, 15) is 8.42 Å². The molecule has 0 amide bonds. The first kappa shape index (κ1) is 12.2. The molecule has 0 spiro atoms. The third kappa shape index (κ3) is 3.34. The maximum atomic E-state index is 11.0. The van der Waals surface area contributed by atoms with Gasteiger partial charge in [0.1, 0.15) is 0 Å². The summed E-state index contributed by atoms with van der Waals surface area (Å²) in [5.41, 5.74) is 2.78. The van der Waals surface area contributed by atoms with Crippen LogP contribution in [-0.4, -0.2) is 13.0 Å². The minimum absolute atomic E-state index is 0.0668. The Morgan fingerprint density at radius 2 is 2.13 bits per heavy atom. The van der Waals surface area contributed by atoms with Crippen molar-refractivity contribution in [3.05, 3.63) is 40.9 Å². The highest BCUT2D eigenvalue weighted by Gasteiger charge is 2.14. The van der Waals surface area contributed by atoms with Gasteiger partial charge in [0.2, 0.25) is 0 Å². The van der Waals surface area contributed by atoms with Crippen LogP contribution in [0, 0.1) is 6.92 Å². The standard InChI is InChI=1S/C10H11ClO3S/c1-8-4-5-10(15(12,13)14)9(7-8)3-2-6-11/h2,4-7H,3H2,1H3,(H,12,13,14). The average molecular weight is 247 g/mol. The molecule has 0 bridgehead atoms. The Morgan fingerprint density at radius 3 is 2.67 bits per heavy atom. The third-order valence-electron chi connectivity index (χ3n) is 1.92. The molecule has 0 heterocycles. The van der Waals surface area contributed by atoms with Crippen LogP contribution < -0.4 is 0 Å². The second kappa shape index (κ2) is 4.79. The van der Waals surface area contributed by atoms with Gasteiger partial charge in [0.25, 0.3) is 10.1 Å². The zero-order valence-electron chi connectivity index (χ0n) is 8.14. The van der Waals surface area contributed by atoms with Gasteiger partial charge in [-0.15, -0.1) is 0 Å². The molecule has 0 aliphatic carbocycles. The molecule has 15 heavy (non-hydrogen) atoms. The fourth-order valence-electron chi connectivity index (χ4n) is 1.29. The molecule has 0 aliphatic heterocycles. The van der Waals surface area contributed by atoms with Crippen LogP contribution in [0.2, 0.25) is 0 Å². The van der Waals surface area contributed by atoms with Gasteiger partial charge in [0.05, 0.1) is 4.90 Å². The molecule has 0 aromatic heterocycles. The van der Waals surface area contributed by atoms with Gasteiger partial charge in [0, 0.05) is 5.54 Å². The molecule has 3 nitrogen and oxygen atoms in total. The number of halogens is 1. The second-order valence-corrected chi connectivity index (χ2v) is 4.79. The number of allylic oxidation sites excluding steroid dienone is 1. The summed E-state index contributed by atoms with van der Waals surface area (Å²) >= 11 is 5.37. The van der Waals surface area contributed by atoms with E-state index in [1.54, 1.807) is 18.2 Å². The first-order chi connectivity index (χ1) is 6.95. The van der Waals surface area contributed by atoms with E-state index in [0.29, 0.717) is 12.0 Å². The molecule has 0 aliphatic rings. The molecule has 0 saturated carbocycles. The number of benzene rings is 1. The SMILES string of the molecule is Cc1ccc(S(=O)(=O)O)c(CC=CCl)c1. The topological polar surface area (TPSA) is 54.4 Å². The Labute approximate surface area is 94.1 Å². The fourth-order valence-corrected chi connectivity index (χ4v) is 2.09. The molecule has 1 aromatic rings. The van der Waals surface area contributed by atoms with Gasteiger partial charge in [-0.2, -0.15) is 8.42 Å². The Hall–Kier alpha value is -0.840. The van der Waals surface area contributed by atoms with Crippen molar-refractivity contribution in [3.63, 3.8) is 0 Å². The van der Waals surface area contributed by atoms with Crippen LogP contribution in [0.15, 0.2) is 34.7 Å². The monoisotopic (exact) mass is 246 g/mol. The van der Waals surface area contributed by atoms with Crippen LogP contribution in [-0.2, 0) is 16.5 Å². The summed E-state index contributed by atoms with van der Waals surface area (Å²) in [5.74, 6) is 0. The van der Waals surface area contributed by atoms with Crippen LogP contribution in [0.25, 0.3) is 0 Å². The van der Waals surface area contributed by atoms with Crippen molar-refractivity contribution in [2.24, 2.45) is 0 Å². The van der Waals surface area contributed by atoms with Gasteiger partial charge >= 0.3 is 0 Å². The number of rotatable bonds is 3. The van der Waals surface area contributed by atoms with Gasteiger partial charge < -0.3 is 0 Å². The summed E-state index contributed by atoms with van der Waals surface area (Å²) in [6.45, 7) is 1.85. The van der Waals surface area contributed by atoms with Crippen LogP contribution in [0.5, 0.6) is 0 Å². The number of hydrogen-bond acceptors (Lipinski definition) is 2. The molecule has 0 saturated heterocycles. The van der Waals surface area contributed by atoms with Crippen molar-refractivity contribution >= 4 is 21.7 Å². The molecular weight excluding hydrogens is 236 g/mol. The molecule has 1 N–H and O–H groups in total. The van der Waals surface area contributed by atoms with Gasteiger partial charge in [0.15, 0.2) is 0 Å². The summed E-state index contributed by atoms with van der Waals surface area (Å²) in [7, 11) is -4.16. The van der Waals surface area contributed by atoms with E-state index in [2.05, 4.69) is 0 Å². The molecule has 0 unspecified atom stereocenters. The molecule has 82 valence electrons. The van der Waals surface area contributed by atoms with E-state index in [1.165, 1.54) is 11.6 Å². The lowest BCUT2D eigenvalue weighted by Crippen LogP contribution is -2.03. The molecule has 0 atom stereocenters. The van der Waals surface area contributed by atoms with Crippen molar-refractivity contribution in [2.45, 2.75) is 18.2 Å². The van der Waals surface area contributed by atoms with Crippen molar-refractivity contribution in [2.75, 3.05) is 0 Å². The van der Waals surface area contributed by atoms with E-state index in [-0.39, 0.29) is 4.90 Å². The Kier molecular flexibility index (Phi) is 3.90. The van der Waals surface area contributed by atoms with Crippen LogP contribution in [0.1, 0.15) is 11.1 Å². The number of aryl methyl sites for hydroxylation is 1. The summed E-state index contributed by atoms with van der Waals surface area (Å²) in [6.07, 6.45) is 1.99. The highest BCUT2D eigenvalue weighted by molar-refractivity contribution is 7.85. The zero-order valence-corrected chi connectivity index (χ0v) is 9.72. The number of hydrogen-bond donors (Lipinski definition) is 1. The lowest BCUT2D eigenvalue weighted by Gasteiger charge is -2.05. The maximum absolute atomic E-state index is 11.0. The quantitative estimate of drug-likeness (QED) is 0.834. The van der Waals surface area contributed by atoms with E-state index >= 15 is 0 Å². The first-order valence-corrected chi connectivity index (χ1v) is 6.15. The van der Waals surface area contributed by atoms with Crippen molar-refractivity contribution in [3.8, 4) is 0 Å². The molecule has 0 radical (unpaired) electrons. The van der Waals surface area contributed by atoms with E-state index in [0.717, 1.165) is 5.56 Å². The zero-order chi connectivity index (χ0) is 11.5. The highest BCUT2D eigenvalue weighted by atomic mass is 35.5. The lowest BCUT2D eigenvalue weighted by atomic mass is 10.1. The molecule has 1 aromatic carbocycles. The lowest BCUT2D eigenvalue weighted by molar-refractivity contribution is 0.482. The molecule has 5 heteroatoms. The summed E-state index contributed by atoms with van der Waals surface area (Å²) in [6, 6.07) is 4.74. The summed E-state index contributed by atoms with van der Waals surface area (Å²) in [4.78, 5) is -0.0668. The Bertz CT molecular complexity index is 477. The van der Waals surface area contributed by atoms with Crippen molar-refractivity contribution in [1.82, 2.24) is 0 Å². The predicted octanol–water partition coefficient (Wildman–Crippen LogP) is 2.54. The molecule has 0 fully saturated rings. The van der Waals surface area contributed by atoms with E-state index < -0.39 is 10.1 Å². The minimum Gasteiger partial charge on any atom is -0.282 e. The third-order valence-corrected chi connectivity index (χ3v) is 3.05. The largest absolute Gasteiger partial charge is 0.294 e. The fraction of sp³-hybridized carbons (Fsp3) is 0.200. The Balaban J connectivity index is 3.27. The summed E-state index contributed by atoms with van der Waals surface area (Å²) < 4.78 is 31.0. The second-order valence-electron chi connectivity index (χ2n) is 3.15. The minimum atomic E-state index is -4.16. The van der Waals surface area contributed by atoms with Crippen LogP contribution in [0.3, 0.4) is 0 Å². The highest BCUT2D eigenvalue weighted by Crippen LogP contribution is 2.18. The van der Waals surface area contributed by atoms with Gasteiger partial charge in [-0.25, -0.2) is 0 Å². The van der Waals surface area contributed by atoms with E-state index in [1.807, 2.05) is 6.92 Å². The summed E-state index contributed by atoms with van der Waals surface area (Å²) in [5, 5.41) is 0. The van der Waals surface area contributed by atoms with Gasteiger partial charge in [-0.1, -0.05) is 35.4 Å². The van der Waals surface area contributed by atoms with Crippen molar-refractivity contribution < 1.29 is 13.0 Å². The average Bonchev–Trinajstić information content (AvgIpc) is 2.12. The predicted molar refractivity (Wildman–Crippen MR) is 59.7 cm³/mol. The van der Waals surface area contributed by atoms with Crippen molar-refractivity contribution in [1.29, 1.82) is 0 Å². The van der Waals surface area contributed by atoms with Crippen LogP contribution >= 0.6 is 11.6 Å². The van der Waals surface area contributed by atoms with E-state index in [4.69, 9.17) is 16.2 Å². The first-order valence-electron chi connectivity index (χ1n) is 4.27. The van der Waals surface area contributed by atoms with Crippen LogP contribution in [0.4, 0.5) is 0 Å². The maximum Gasteiger partial charge on any atom is 0.294 e. The van der Waals surface area contributed by atoms with Gasteiger partial charge in [-0.05, 0) is 25.0 Å². The van der Waals surface area contributed by atoms with Gasteiger partial charge in [-0.3, -0.25) is 4.55 Å².